The number of halogens is 3. The van der Waals surface area contributed by atoms with Crippen molar-refractivity contribution in [1.82, 2.24) is 19.8 Å². The van der Waals surface area contributed by atoms with Gasteiger partial charge in [-0.2, -0.15) is 5.26 Å². The Morgan fingerprint density at radius 3 is 2.69 bits per heavy atom. The molecule has 7 atom stereocenters. The largest absolute Gasteiger partial charge is 0.373 e. The minimum atomic E-state index is -0.461. The van der Waals surface area contributed by atoms with Crippen molar-refractivity contribution in [2.24, 2.45) is 17.8 Å². The number of nitrogens with one attached hydrogen (secondary N) is 1. The number of hydrogen-bond donors (Lipinski definition) is 1. The van der Waals surface area contributed by atoms with Gasteiger partial charge in [-0.1, -0.05) is 42.3 Å². The normalized spacial score (nSPS) is 29.1. The van der Waals surface area contributed by atoms with Gasteiger partial charge in [0, 0.05) is 71.2 Å². The van der Waals surface area contributed by atoms with Crippen LogP contribution in [0.1, 0.15) is 74.5 Å². The lowest BCUT2D eigenvalue weighted by atomic mass is 9.79. The minimum absolute atomic E-state index is 0.00801. The van der Waals surface area contributed by atoms with Crippen LogP contribution in [0.15, 0.2) is 30.3 Å². The van der Waals surface area contributed by atoms with Crippen LogP contribution in [-0.2, 0) is 16.0 Å². The first-order valence-corrected chi connectivity index (χ1v) is 18.2. The third-order valence-electron chi connectivity index (χ3n) is 11.6. The molecule has 3 aliphatic heterocycles. The number of benzene rings is 2. The highest BCUT2D eigenvalue weighted by atomic mass is 35.5. The summed E-state index contributed by atoms with van der Waals surface area (Å²) in [6.45, 7) is 5.71. The summed E-state index contributed by atoms with van der Waals surface area (Å²) in [6, 6.07) is 12.1. The number of likely N-dealkylation sites (tertiary alicyclic amines) is 1. The molecule has 1 amide bonds. The summed E-state index contributed by atoms with van der Waals surface area (Å²) in [5.74, 6) is 0.889. The van der Waals surface area contributed by atoms with Gasteiger partial charge in [-0.15, -0.1) is 0 Å². The molecule has 0 spiro atoms. The fourth-order valence-electron chi connectivity index (χ4n) is 8.81. The van der Waals surface area contributed by atoms with E-state index in [1.54, 1.807) is 18.2 Å². The van der Waals surface area contributed by atoms with E-state index in [4.69, 9.17) is 32.9 Å². The van der Waals surface area contributed by atoms with Crippen molar-refractivity contribution in [3.05, 3.63) is 63.1 Å². The van der Waals surface area contributed by atoms with Crippen LogP contribution in [0.4, 0.5) is 4.39 Å². The first kappa shape index (κ1) is 30.8. The van der Waals surface area contributed by atoms with E-state index in [1.165, 1.54) is 0 Å². The number of ether oxygens (including phenoxy) is 1. The molecule has 6 fully saturated rings. The first-order valence-electron chi connectivity index (χ1n) is 17.4. The molecule has 5 heterocycles. The van der Waals surface area contributed by atoms with Gasteiger partial charge in [-0.05, 0) is 74.6 Å². The summed E-state index contributed by atoms with van der Waals surface area (Å²) in [6.07, 6.45) is 5.67. The van der Waals surface area contributed by atoms with E-state index in [0.29, 0.717) is 52.6 Å². The number of carbonyl (C=O) groups excluding carboxylic acids is 1. The maximum absolute atomic E-state index is 17.1. The zero-order valence-corrected chi connectivity index (χ0v) is 28.6. The van der Waals surface area contributed by atoms with E-state index in [9.17, 15) is 10.1 Å². The highest BCUT2D eigenvalue weighted by Crippen LogP contribution is 2.51. The number of nitrogens with zero attached hydrogens (tertiary/aromatic N) is 4. The lowest BCUT2D eigenvalue weighted by Gasteiger charge is -2.39. The summed E-state index contributed by atoms with van der Waals surface area (Å²) in [7, 11) is 0. The topological polar surface area (TPSA) is 83.2 Å². The summed E-state index contributed by atoms with van der Waals surface area (Å²) in [4.78, 5) is 20.9. The lowest BCUT2D eigenvalue weighted by Crippen LogP contribution is -2.41. The van der Waals surface area contributed by atoms with Gasteiger partial charge in [-0.25, -0.2) is 9.37 Å². The maximum Gasteiger partial charge on any atom is 0.226 e. The van der Waals surface area contributed by atoms with Crippen LogP contribution in [0, 0.1) is 41.8 Å². The summed E-state index contributed by atoms with van der Waals surface area (Å²) >= 11 is 13.1. The number of aryl methyl sites for hydroxylation is 2. The first-order chi connectivity index (χ1) is 23.2. The second-order valence-corrected chi connectivity index (χ2v) is 15.6. The summed E-state index contributed by atoms with van der Waals surface area (Å²) in [5.41, 5.74) is 4.59. The number of hydrogen-bond acceptors (Lipinski definition) is 5. The Balaban J connectivity index is 1.28. The minimum Gasteiger partial charge on any atom is -0.373 e. The van der Waals surface area contributed by atoms with Crippen LogP contribution in [0.3, 0.4) is 0 Å². The van der Waals surface area contributed by atoms with Crippen molar-refractivity contribution in [1.29, 1.82) is 5.26 Å². The Kier molecular flexibility index (Phi) is 7.33. The van der Waals surface area contributed by atoms with Gasteiger partial charge < -0.3 is 19.5 Å². The summed E-state index contributed by atoms with van der Waals surface area (Å²) < 4.78 is 26.1. The third kappa shape index (κ3) is 4.80. The quantitative estimate of drug-likeness (QED) is 0.203. The lowest BCUT2D eigenvalue weighted by molar-refractivity contribution is -0.134. The van der Waals surface area contributed by atoms with Crippen LogP contribution >= 0.6 is 23.2 Å². The Hall–Kier alpha value is -3.22. The van der Waals surface area contributed by atoms with Gasteiger partial charge >= 0.3 is 0 Å². The number of nitriles is 1. The SMILES string of the molecule is Cc1nc2c(F)c(-c3cccc(Cl)c3Cl)c(CCC#N)cc2c2c1cc(C1CC(OC3CC3C)CN1C(=O)C1CC1)n2C1C2CNC1C2. The van der Waals surface area contributed by atoms with Gasteiger partial charge in [0.1, 0.15) is 5.52 Å². The number of carbonyl (C=O) groups is 1. The van der Waals surface area contributed by atoms with Gasteiger partial charge in [0.25, 0.3) is 0 Å². The monoisotopic (exact) mass is 685 g/mol. The molecule has 3 saturated carbocycles. The second kappa shape index (κ2) is 11.4. The molecule has 0 radical (unpaired) electrons. The van der Waals surface area contributed by atoms with Crippen molar-refractivity contribution in [3.63, 3.8) is 0 Å². The van der Waals surface area contributed by atoms with E-state index in [0.717, 1.165) is 66.3 Å². The number of amides is 1. The van der Waals surface area contributed by atoms with E-state index in [1.807, 2.05) is 13.0 Å². The molecular formula is C38H38Cl2FN5O2. The van der Waals surface area contributed by atoms with Crippen molar-refractivity contribution < 1.29 is 13.9 Å². The predicted octanol–water partition coefficient (Wildman–Crippen LogP) is 8.08. The molecule has 248 valence electrons. The van der Waals surface area contributed by atoms with Crippen LogP contribution in [0.2, 0.25) is 10.0 Å². The zero-order valence-electron chi connectivity index (χ0n) is 27.1. The smallest absolute Gasteiger partial charge is 0.226 e. The molecule has 2 aromatic heterocycles. The highest BCUT2D eigenvalue weighted by molar-refractivity contribution is 6.43. The maximum atomic E-state index is 17.1. The van der Waals surface area contributed by atoms with Crippen molar-refractivity contribution in [2.75, 3.05) is 13.1 Å². The molecule has 48 heavy (non-hydrogen) atoms. The molecule has 2 bridgehead atoms. The second-order valence-electron chi connectivity index (χ2n) is 14.8. The van der Waals surface area contributed by atoms with Crippen LogP contribution in [0.5, 0.6) is 0 Å². The van der Waals surface area contributed by atoms with Crippen molar-refractivity contribution in [2.45, 2.75) is 89.1 Å². The third-order valence-corrected chi connectivity index (χ3v) is 12.5. The average molecular weight is 687 g/mol. The molecule has 4 aromatic rings. The molecule has 3 saturated heterocycles. The van der Waals surface area contributed by atoms with Crippen LogP contribution < -0.4 is 5.32 Å². The summed E-state index contributed by atoms with van der Waals surface area (Å²) in [5, 5.41) is 15.6. The Morgan fingerprint density at radius 2 is 2.00 bits per heavy atom. The standard InChI is InChI=1S/C38H38Cl2FN5O2/c1-18-11-31(18)48-23-14-29(45(17-23)38(47)20-8-9-20)30-15-25-19(2)44-35-26(37(25)46(30)36-22-13-28(36)43-16-22)12-21(5-4-10-42)32(34(35)41)24-6-3-7-27(39)33(24)40/h3,6-7,12,15,18,20,22-23,28-29,31,36,43H,4-5,8-9,11,13-14,16-17H2,1-2H3. The number of rotatable bonds is 8. The van der Waals surface area contributed by atoms with Gasteiger partial charge in [-0.3, -0.25) is 4.79 Å². The zero-order chi connectivity index (χ0) is 33.0. The van der Waals surface area contributed by atoms with Crippen LogP contribution in [-0.4, -0.2) is 51.7 Å². The predicted molar refractivity (Wildman–Crippen MR) is 184 cm³/mol. The molecule has 1 N–H and O–H groups in total. The molecule has 3 aliphatic carbocycles. The molecule has 7 nitrogen and oxygen atoms in total. The van der Waals surface area contributed by atoms with Crippen molar-refractivity contribution in [3.8, 4) is 17.2 Å². The molecule has 10 rings (SSSR count). The van der Waals surface area contributed by atoms with Crippen molar-refractivity contribution >= 4 is 50.9 Å². The molecular weight excluding hydrogens is 648 g/mol. The number of fused-ring (bicyclic) bond motifs is 4. The van der Waals surface area contributed by atoms with E-state index in [-0.39, 0.29) is 53.1 Å². The Morgan fingerprint density at radius 1 is 1.19 bits per heavy atom. The molecule has 7 unspecified atom stereocenters. The number of aromatic nitrogens is 2. The van der Waals surface area contributed by atoms with Gasteiger partial charge in [0.15, 0.2) is 5.82 Å². The van der Waals surface area contributed by atoms with E-state index >= 15 is 4.39 Å². The van der Waals surface area contributed by atoms with E-state index < -0.39 is 5.82 Å². The van der Waals surface area contributed by atoms with Gasteiger partial charge in [0.2, 0.25) is 5.91 Å². The fourth-order valence-corrected chi connectivity index (χ4v) is 9.20. The van der Waals surface area contributed by atoms with Gasteiger partial charge in [0.05, 0.1) is 45.9 Å². The molecule has 2 aromatic carbocycles. The number of pyridine rings is 1. The Bertz CT molecular complexity index is 2040. The average Bonchev–Trinajstić information content (AvgIpc) is 3.74. The Labute approximate surface area is 289 Å². The molecule has 10 heteroatoms. The van der Waals surface area contributed by atoms with Crippen LogP contribution in [0.25, 0.3) is 32.9 Å². The highest BCUT2D eigenvalue weighted by Gasteiger charge is 2.51. The molecule has 6 aliphatic rings. The van der Waals surface area contributed by atoms with E-state index in [2.05, 4.69) is 33.8 Å². The fraction of sp³-hybridized carbons (Fsp3) is 0.500.